The summed E-state index contributed by atoms with van der Waals surface area (Å²) in [5.74, 6) is -0.190. The zero-order valence-electron chi connectivity index (χ0n) is 20.7. The third-order valence-electron chi connectivity index (χ3n) is 5.52. The number of para-hydroxylation sites is 1. The number of nitrogens with zero attached hydrogens (tertiary/aromatic N) is 3. The number of carbonyl (C=O) groups is 2. The van der Waals surface area contributed by atoms with Crippen molar-refractivity contribution in [3.8, 4) is 16.6 Å². The molecular weight excluding hydrogens is 498 g/mol. The Kier molecular flexibility index (Phi) is 7.68. The van der Waals surface area contributed by atoms with Gasteiger partial charge in [-0.15, -0.1) is 0 Å². The minimum absolute atomic E-state index is 0.163. The molecule has 1 amide bonds. The van der Waals surface area contributed by atoms with E-state index in [2.05, 4.69) is 20.6 Å². The molecule has 2 heterocycles. The molecule has 2 aromatic carbocycles. The number of ether oxygens (including phenoxy) is 3. The fraction of sp³-hybridized carbons (Fsp3) is 0.240. The van der Waals surface area contributed by atoms with Crippen LogP contribution in [-0.2, 0) is 16.0 Å². The van der Waals surface area contributed by atoms with E-state index in [1.807, 2.05) is 24.3 Å². The number of hydrazone groups is 1. The predicted molar refractivity (Wildman–Crippen MR) is 139 cm³/mol. The maximum atomic E-state index is 13.5. The van der Waals surface area contributed by atoms with Gasteiger partial charge in [-0.05, 0) is 30.7 Å². The predicted octanol–water partition coefficient (Wildman–Crippen LogP) is 3.05. The van der Waals surface area contributed by atoms with Crippen LogP contribution in [0.3, 0.4) is 0 Å². The zero-order valence-corrected chi connectivity index (χ0v) is 21.5. The van der Waals surface area contributed by atoms with E-state index in [1.54, 1.807) is 13.0 Å². The van der Waals surface area contributed by atoms with Crippen LogP contribution in [0.4, 0.5) is 0 Å². The quantitative estimate of drug-likeness (QED) is 0.195. The van der Waals surface area contributed by atoms with E-state index < -0.39 is 17.4 Å². The van der Waals surface area contributed by atoms with Gasteiger partial charge in [-0.25, -0.2) is 10.4 Å². The number of fused-ring (bicyclic) bond motifs is 1. The van der Waals surface area contributed by atoms with Gasteiger partial charge in [0.1, 0.15) is 11.5 Å². The molecule has 0 atom stereocenters. The number of hydrogen-bond donors (Lipinski definition) is 2. The van der Waals surface area contributed by atoms with E-state index in [-0.39, 0.29) is 23.3 Å². The second-order valence-electron chi connectivity index (χ2n) is 7.78. The summed E-state index contributed by atoms with van der Waals surface area (Å²) in [4.78, 5) is 43.0. The van der Waals surface area contributed by atoms with Crippen molar-refractivity contribution in [3.05, 3.63) is 69.6 Å². The van der Waals surface area contributed by atoms with Crippen molar-refractivity contribution in [2.45, 2.75) is 19.8 Å². The summed E-state index contributed by atoms with van der Waals surface area (Å²) in [5.41, 5.74) is 3.78. The average Bonchev–Trinajstić information content (AvgIpc) is 3.49. The lowest BCUT2D eigenvalue weighted by molar-refractivity contribution is -0.139. The van der Waals surface area contributed by atoms with Crippen LogP contribution in [0, 0.1) is 0 Å². The number of thiazole rings is 1. The van der Waals surface area contributed by atoms with Gasteiger partial charge in [-0.3, -0.25) is 19.5 Å². The minimum Gasteiger partial charge on any atom is -0.497 e. The number of H-pyrrole nitrogens is 1. The Morgan fingerprint density at radius 3 is 2.43 bits per heavy atom. The highest BCUT2D eigenvalue weighted by Gasteiger charge is 2.23. The van der Waals surface area contributed by atoms with E-state index in [0.29, 0.717) is 28.7 Å². The molecule has 0 aliphatic rings. The van der Waals surface area contributed by atoms with Gasteiger partial charge in [0, 0.05) is 11.6 Å². The monoisotopic (exact) mass is 523 g/mol. The SMILES string of the molecule is CCC(=NNC(=O)c1cc(OC)cc(OC)c1)c1c(CC(=O)OC)[nH]n(-c2nc3ccccc3s2)c1=O. The lowest BCUT2D eigenvalue weighted by Crippen LogP contribution is -2.25. The number of benzene rings is 2. The van der Waals surface area contributed by atoms with Crippen LogP contribution in [0.25, 0.3) is 15.3 Å². The number of aromatic amines is 1. The molecule has 0 saturated carbocycles. The normalized spacial score (nSPS) is 11.4. The van der Waals surface area contributed by atoms with Gasteiger partial charge in [-0.2, -0.15) is 9.78 Å². The Hall–Kier alpha value is -4.45. The summed E-state index contributed by atoms with van der Waals surface area (Å²) in [6.45, 7) is 1.79. The molecule has 0 fully saturated rings. The van der Waals surface area contributed by atoms with E-state index >= 15 is 0 Å². The fourth-order valence-electron chi connectivity index (χ4n) is 3.65. The first kappa shape index (κ1) is 25.6. The lowest BCUT2D eigenvalue weighted by Gasteiger charge is -2.08. The van der Waals surface area contributed by atoms with Crippen molar-refractivity contribution < 1.29 is 23.8 Å². The third-order valence-corrected chi connectivity index (χ3v) is 6.54. The highest BCUT2D eigenvalue weighted by Crippen LogP contribution is 2.24. The van der Waals surface area contributed by atoms with E-state index in [0.717, 1.165) is 10.2 Å². The van der Waals surface area contributed by atoms with Gasteiger partial charge in [0.2, 0.25) is 5.13 Å². The van der Waals surface area contributed by atoms with Crippen LogP contribution in [0.2, 0.25) is 0 Å². The maximum absolute atomic E-state index is 13.5. The van der Waals surface area contributed by atoms with Crippen LogP contribution in [0.1, 0.15) is 35.0 Å². The van der Waals surface area contributed by atoms with Crippen molar-refractivity contribution >= 4 is 39.1 Å². The zero-order chi connectivity index (χ0) is 26.5. The second kappa shape index (κ2) is 11.1. The summed E-state index contributed by atoms with van der Waals surface area (Å²) < 4.78 is 17.4. The summed E-state index contributed by atoms with van der Waals surface area (Å²) in [7, 11) is 4.23. The van der Waals surface area contributed by atoms with Crippen molar-refractivity contribution in [1.82, 2.24) is 20.2 Å². The largest absolute Gasteiger partial charge is 0.497 e. The van der Waals surface area contributed by atoms with Gasteiger partial charge in [0.25, 0.3) is 11.5 Å². The molecule has 0 aliphatic carbocycles. The van der Waals surface area contributed by atoms with Crippen molar-refractivity contribution in [3.63, 3.8) is 0 Å². The van der Waals surface area contributed by atoms with Crippen LogP contribution in [0.15, 0.2) is 52.4 Å². The second-order valence-corrected chi connectivity index (χ2v) is 8.79. The highest BCUT2D eigenvalue weighted by atomic mass is 32.1. The number of hydrogen-bond acceptors (Lipinski definition) is 9. The molecule has 0 spiro atoms. The van der Waals surface area contributed by atoms with E-state index in [4.69, 9.17) is 14.2 Å². The topological polar surface area (TPSA) is 137 Å². The molecule has 11 nitrogen and oxygen atoms in total. The van der Waals surface area contributed by atoms with Crippen LogP contribution >= 0.6 is 11.3 Å². The highest BCUT2D eigenvalue weighted by molar-refractivity contribution is 7.20. The van der Waals surface area contributed by atoms with E-state index in [1.165, 1.54) is 49.5 Å². The number of nitrogens with one attached hydrogen (secondary N) is 2. The fourth-order valence-corrected chi connectivity index (χ4v) is 4.57. The lowest BCUT2D eigenvalue weighted by atomic mass is 10.1. The Bertz CT molecular complexity index is 1500. The van der Waals surface area contributed by atoms with Crippen LogP contribution in [-0.4, -0.2) is 53.7 Å². The Labute approximate surface area is 215 Å². The Balaban J connectivity index is 1.74. The average molecular weight is 524 g/mol. The van der Waals surface area contributed by atoms with Gasteiger partial charge in [-0.1, -0.05) is 30.4 Å². The molecular formula is C25H25N5O6S. The van der Waals surface area contributed by atoms with Crippen LogP contribution < -0.4 is 20.5 Å². The van der Waals surface area contributed by atoms with Crippen molar-refractivity contribution in [1.29, 1.82) is 0 Å². The van der Waals surface area contributed by atoms with Gasteiger partial charge < -0.3 is 14.2 Å². The number of amides is 1. The molecule has 2 N–H and O–H groups in total. The number of esters is 1. The number of carbonyl (C=O) groups excluding carboxylic acids is 2. The van der Waals surface area contributed by atoms with Crippen LogP contribution in [0.5, 0.6) is 11.5 Å². The first-order valence-electron chi connectivity index (χ1n) is 11.3. The summed E-state index contributed by atoms with van der Waals surface area (Å²) >= 11 is 1.32. The summed E-state index contributed by atoms with van der Waals surface area (Å²) in [5, 5.41) is 7.63. The molecule has 0 aliphatic heterocycles. The van der Waals surface area contributed by atoms with Gasteiger partial charge in [0.15, 0.2) is 0 Å². The molecule has 192 valence electrons. The minimum atomic E-state index is -0.540. The van der Waals surface area contributed by atoms with Crippen molar-refractivity contribution in [2.75, 3.05) is 21.3 Å². The molecule has 0 bridgehead atoms. The van der Waals surface area contributed by atoms with E-state index in [9.17, 15) is 14.4 Å². The smallest absolute Gasteiger partial charge is 0.311 e. The standard InChI is InChI=1S/C25H25N5O6S/c1-5-17(27-28-23(32)14-10-15(34-2)12-16(11-14)35-3)22-19(13-21(31)36-4)29-30(24(22)33)25-26-18-8-6-7-9-20(18)37-25/h6-12,29H,5,13H2,1-4H3,(H,28,32). The Morgan fingerprint density at radius 2 is 1.81 bits per heavy atom. The Morgan fingerprint density at radius 1 is 1.11 bits per heavy atom. The molecule has 0 radical (unpaired) electrons. The molecule has 0 unspecified atom stereocenters. The summed E-state index contributed by atoms with van der Waals surface area (Å²) in [6.07, 6.45) is 0.0990. The molecule has 12 heteroatoms. The molecule has 37 heavy (non-hydrogen) atoms. The molecule has 4 aromatic rings. The van der Waals surface area contributed by atoms with Crippen molar-refractivity contribution in [2.24, 2.45) is 5.10 Å². The first-order chi connectivity index (χ1) is 17.9. The number of aromatic nitrogens is 3. The van der Waals surface area contributed by atoms with Gasteiger partial charge >= 0.3 is 5.97 Å². The summed E-state index contributed by atoms with van der Waals surface area (Å²) in [6, 6.07) is 12.2. The molecule has 2 aromatic heterocycles. The molecule has 0 saturated heterocycles. The third kappa shape index (κ3) is 5.38. The molecule has 4 rings (SSSR count). The maximum Gasteiger partial charge on any atom is 0.311 e. The number of methoxy groups -OCH3 is 3. The first-order valence-corrected chi connectivity index (χ1v) is 12.1. The van der Waals surface area contributed by atoms with Gasteiger partial charge in [0.05, 0.1) is 54.9 Å². The number of rotatable bonds is 9.